The maximum atomic E-state index is 12.1. The van der Waals surface area contributed by atoms with Crippen molar-refractivity contribution in [2.45, 2.75) is 50.9 Å². The van der Waals surface area contributed by atoms with Gasteiger partial charge in [0, 0.05) is 13.0 Å². The minimum Gasteiger partial charge on any atom is -0.480 e. The fourth-order valence-corrected chi connectivity index (χ4v) is 2.63. The summed E-state index contributed by atoms with van der Waals surface area (Å²) in [6.07, 6.45) is 3.46. The van der Waals surface area contributed by atoms with Crippen molar-refractivity contribution in [2.24, 2.45) is 0 Å². The average Bonchev–Trinajstić information content (AvgIpc) is 2.81. The Bertz CT molecular complexity index is 346. The molecule has 0 aromatic rings. The van der Waals surface area contributed by atoms with Crippen LogP contribution in [0.5, 0.6) is 0 Å². The number of nitrogens with zero attached hydrogens (tertiary/aromatic N) is 1. The Balaban J connectivity index is 1.82. The van der Waals surface area contributed by atoms with E-state index in [2.05, 4.69) is 0 Å². The van der Waals surface area contributed by atoms with Crippen molar-refractivity contribution in [1.29, 1.82) is 0 Å². The van der Waals surface area contributed by atoms with Crippen LogP contribution in [0.15, 0.2) is 0 Å². The van der Waals surface area contributed by atoms with Gasteiger partial charge in [-0.05, 0) is 26.2 Å². The standard InChI is InChI=1S/C13H21NO5/c1-9-2-3-10(19-9)4-5-12(15)14-6-7-18-8-11(14)13(16)17/h9-11H,2-8H2,1H3,(H,16,17)/t9-,10+,11+/m1/s1. The lowest BCUT2D eigenvalue weighted by Gasteiger charge is -2.33. The maximum Gasteiger partial charge on any atom is 0.328 e. The monoisotopic (exact) mass is 271 g/mol. The van der Waals surface area contributed by atoms with Gasteiger partial charge in [0.05, 0.1) is 25.4 Å². The first-order chi connectivity index (χ1) is 9.08. The Morgan fingerprint density at radius 3 is 2.79 bits per heavy atom. The number of hydrogen-bond donors (Lipinski definition) is 1. The van der Waals surface area contributed by atoms with Crippen molar-refractivity contribution >= 4 is 11.9 Å². The van der Waals surface area contributed by atoms with Gasteiger partial charge in [-0.1, -0.05) is 0 Å². The molecule has 0 radical (unpaired) electrons. The van der Waals surface area contributed by atoms with Crippen molar-refractivity contribution in [3.63, 3.8) is 0 Å². The fourth-order valence-electron chi connectivity index (χ4n) is 2.63. The zero-order chi connectivity index (χ0) is 13.8. The van der Waals surface area contributed by atoms with Gasteiger partial charge in [-0.25, -0.2) is 4.79 Å². The number of carbonyl (C=O) groups excluding carboxylic acids is 1. The summed E-state index contributed by atoms with van der Waals surface area (Å²) >= 11 is 0. The molecule has 2 heterocycles. The molecule has 0 aromatic carbocycles. The molecule has 108 valence electrons. The van der Waals surface area contributed by atoms with E-state index in [-0.39, 0.29) is 24.7 Å². The third-order valence-corrected chi connectivity index (χ3v) is 3.73. The molecule has 19 heavy (non-hydrogen) atoms. The summed E-state index contributed by atoms with van der Waals surface area (Å²) in [5, 5.41) is 9.07. The SMILES string of the molecule is C[C@@H]1CC[C@@H](CCC(=O)N2CCOC[C@H]2C(=O)O)O1. The smallest absolute Gasteiger partial charge is 0.328 e. The second kappa shape index (κ2) is 6.34. The Kier molecular flexibility index (Phi) is 4.76. The van der Waals surface area contributed by atoms with Crippen molar-refractivity contribution < 1.29 is 24.2 Å². The Morgan fingerprint density at radius 2 is 2.16 bits per heavy atom. The molecule has 0 spiro atoms. The van der Waals surface area contributed by atoms with E-state index in [1.807, 2.05) is 6.92 Å². The number of ether oxygens (including phenoxy) is 2. The highest BCUT2D eigenvalue weighted by Crippen LogP contribution is 2.23. The topological polar surface area (TPSA) is 76.1 Å². The van der Waals surface area contributed by atoms with E-state index in [9.17, 15) is 9.59 Å². The van der Waals surface area contributed by atoms with Gasteiger partial charge in [0.15, 0.2) is 6.04 Å². The quantitative estimate of drug-likeness (QED) is 0.812. The molecule has 2 fully saturated rings. The van der Waals surface area contributed by atoms with E-state index in [0.29, 0.717) is 26.0 Å². The van der Waals surface area contributed by atoms with E-state index < -0.39 is 12.0 Å². The van der Waals surface area contributed by atoms with Gasteiger partial charge in [0.25, 0.3) is 0 Å². The summed E-state index contributed by atoms with van der Waals surface area (Å²) in [6, 6.07) is -0.843. The van der Waals surface area contributed by atoms with Crippen LogP contribution in [0.25, 0.3) is 0 Å². The number of hydrogen-bond acceptors (Lipinski definition) is 4. The number of carbonyl (C=O) groups is 2. The number of amides is 1. The molecule has 2 aliphatic heterocycles. The van der Waals surface area contributed by atoms with Crippen molar-refractivity contribution in [2.75, 3.05) is 19.8 Å². The van der Waals surface area contributed by atoms with Crippen LogP contribution >= 0.6 is 0 Å². The van der Waals surface area contributed by atoms with Crippen LogP contribution < -0.4 is 0 Å². The predicted molar refractivity (Wildman–Crippen MR) is 66.8 cm³/mol. The number of aliphatic carboxylic acids is 1. The molecule has 0 bridgehead atoms. The molecule has 1 N–H and O–H groups in total. The fraction of sp³-hybridized carbons (Fsp3) is 0.846. The summed E-state index contributed by atoms with van der Waals surface area (Å²) in [5.74, 6) is -1.11. The highest BCUT2D eigenvalue weighted by atomic mass is 16.5. The van der Waals surface area contributed by atoms with E-state index in [1.165, 1.54) is 4.90 Å². The Hall–Kier alpha value is -1.14. The molecule has 6 heteroatoms. The average molecular weight is 271 g/mol. The molecule has 2 rings (SSSR count). The minimum atomic E-state index is -1.00. The van der Waals surface area contributed by atoms with E-state index in [1.54, 1.807) is 0 Å². The summed E-state index contributed by atoms with van der Waals surface area (Å²) in [5.41, 5.74) is 0. The molecular formula is C13H21NO5. The van der Waals surface area contributed by atoms with Crippen LogP contribution in [0.3, 0.4) is 0 Å². The van der Waals surface area contributed by atoms with Crippen LogP contribution in [-0.4, -0.2) is 59.9 Å². The molecule has 6 nitrogen and oxygen atoms in total. The summed E-state index contributed by atoms with van der Waals surface area (Å²) < 4.78 is 10.8. The highest BCUT2D eigenvalue weighted by Gasteiger charge is 2.33. The minimum absolute atomic E-state index is 0.0814. The lowest BCUT2D eigenvalue weighted by Crippen LogP contribution is -2.52. The largest absolute Gasteiger partial charge is 0.480 e. The molecule has 0 aliphatic carbocycles. The van der Waals surface area contributed by atoms with Crippen molar-refractivity contribution in [3.05, 3.63) is 0 Å². The molecule has 2 saturated heterocycles. The number of morpholine rings is 1. The van der Waals surface area contributed by atoms with Crippen molar-refractivity contribution in [1.82, 2.24) is 4.90 Å². The van der Waals surface area contributed by atoms with Gasteiger partial charge in [-0.15, -0.1) is 0 Å². The van der Waals surface area contributed by atoms with Crippen molar-refractivity contribution in [3.8, 4) is 0 Å². The molecule has 2 aliphatic rings. The van der Waals surface area contributed by atoms with E-state index in [0.717, 1.165) is 12.8 Å². The van der Waals surface area contributed by atoms with Crippen LogP contribution in [0.4, 0.5) is 0 Å². The van der Waals surface area contributed by atoms with Gasteiger partial charge in [0.1, 0.15) is 0 Å². The third-order valence-electron chi connectivity index (χ3n) is 3.73. The second-order valence-electron chi connectivity index (χ2n) is 5.20. The molecular weight excluding hydrogens is 250 g/mol. The number of rotatable bonds is 4. The first-order valence-corrected chi connectivity index (χ1v) is 6.83. The first-order valence-electron chi connectivity index (χ1n) is 6.83. The van der Waals surface area contributed by atoms with E-state index in [4.69, 9.17) is 14.6 Å². The van der Waals surface area contributed by atoms with E-state index >= 15 is 0 Å². The summed E-state index contributed by atoms with van der Waals surface area (Å²) in [7, 11) is 0. The molecule has 0 aromatic heterocycles. The number of carboxylic acid groups (broad SMARTS) is 1. The lowest BCUT2D eigenvalue weighted by molar-refractivity contribution is -0.158. The zero-order valence-electron chi connectivity index (χ0n) is 11.2. The number of carboxylic acids is 1. The zero-order valence-corrected chi connectivity index (χ0v) is 11.2. The van der Waals surface area contributed by atoms with Crippen LogP contribution in [0.1, 0.15) is 32.6 Å². The normalized spacial score (nSPS) is 31.4. The maximum absolute atomic E-state index is 12.1. The lowest BCUT2D eigenvalue weighted by atomic mass is 10.1. The predicted octanol–water partition coefficient (Wildman–Crippen LogP) is 0.646. The first kappa shape index (κ1) is 14.3. The van der Waals surface area contributed by atoms with Gasteiger partial charge in [-0.2, -0.15) is 0 Å². The molecule has 1 amide bonds. The van der Waals surface area contributed by atoms with Gasteiger partial charge in [0.2, 0.25) is 5.91 Å². The van der Waals surface area contributed by atoms with Crippen LogP contribution in [-0.2, 0) is 19.1 Å². The molecule has 0 saturated carbocycles. The van der Waals surface area contributed by atoms with Crippen LogP contribution in [0.2, 0.25) is 0 Å². The molecule has 3 atom stereocenters. The summed E-state index contributed by atoms with van der Waals surface area (Å²) in [6.45, 7) is 2.88. The Labute approximate surface area is 112 Å². The van der Waals surface area contributed by atoms with Gasteiger partial charge < -0.3 is 19.5 Å². The highest BCUT2D eigenvalue weighted by molar-refractivity contribution is 5.84. The molecule has 0 unspecified atom stereocenters. The van der Waals surface area contributed by atoms with Gasteiger partial charge in [-0.3, -0.25) is 4.79 Å². The second-order valence-corrected chi connectivity index (χ2v) is 5.20. The summed E-state index contributed by atoms with van der Waals surface area (Å²) in [4.78, 5) is 24.6. The van der Waals surface area contributed by atoms with Crippen LogP contribution in [0, 0.1) is 0 Å². The third kappa shape index (κ3) is 3.67. The Morgan fingerprint density at radius 1 is 1.37 bits per heavy atom. The van der Waals surface area contributed by atoms with Gasteiger partial charge >= 0.3 is 5.97 Å².